The quantitative estimate of drug-likeness (QED) is 0.449. The number of nitrogens with two attached hydrogens (primary N) is 2. The first-order valence-corrected chi connectivity index (χ1v) is 4.97. The third-order valence-electron chi connectivity index (χ3n) is 2.03. The number of rotatable bonds is 4. The molecule has 0 saturated heterocycles. The van der Waals surface area contributed by atoms with Gasteiger partial charge in [0, 0.05) is 11.4 Å². The van der Waals surface area contributed by atoms with Crippen LogP contribution in [0.1, 0.15) is 30.1 Å². The van der Waals surface area contributed by atoms with Gasteiger partial charge in [0.05, 0.1) is 12.2 Å². The van der Waals surface area contributed by atoms with Crippen molar-refractivity contribution >= 4 is 17.3 Å². The minimum atomic E-state index is -0.388. The zero-order valence-corrected chi connectivity index (χ0v) is 8.82. The molecule has 0 unspecified atom stereocenters. The second-order valence-electron chi connectivity index (χ2n) is 3.34. The Morgan fingerprint density at radius 1 is 1.40 bits per heavy atom. The van der Waals surface area contributed by atoms with E-state index in [0.717, 1.165) is 12.8 Å². The highest BCUT2D eigenvalue weighted by molar-refractivity contribution is 5.95. The van der Waals surface area contributed by atoms with Crippen LogP contribution in [-0.4, -0.2) is 12.6 Å². The first-order chi connectivity index (χ1) is 7.15. The van der Waals surface area contributed by atoms with E-state index in [-0.39, 0.29) is 5.97 Å². The largest absolute Gasteiger partial charge is 0.462 e. The normalized spacial score (nSPS) is 9.93. The van der Waals surface area contributed by atoms with Gasteiger partial charge >= 0.3 is 5.97 Å². The fourth-order valence-corrected chi connectivity index (χ4v) is 1.15. The molecular formula is C11H16N2O2. The molecule has 4 nitrogen and oxygen atoms in total. The zero-order valence-electron chi connectivity index (χ0n) is 8.82. The number of hydrogen-bond donors (Lipinski definition) is 2. The van der Waals surface area contributed by atoms with E-state index in [1.165, 1.54) is 0 Å². The number of unbranched alkanes of at least 4 members (excludes halogenated alkanes) is 1. The molecule has 0 aromatic heterocycles. The molecule has 0 radical (unpaired) electrons. The van der Waals surface area contributed by atoms with Crippen molar-refractivity contribution in [1.82, 2.24) is 0 Å². The zero-order chi connectivity index (χ0) is 11.3. The lowest BCUT2D eigenvalue weighted by Gasteiger charge is -2.06. The number of carbonyl (C=O) groups is 1. The number of anilines is 2. The third-order valence-corrected chi connectivity index (χ3v) is 2.03. The first kappa shape index (κ1) is 11.4. The van der Waals surface area contributed by atoms with E-state index in [2.05, 4.69) is 0 Å². The highest BCUT2D eigenvalue weighted by atomic mass is 16.5. The van der Waals surface area contributed by atoms with Gasteiger partial charge in [-0.05, 0) is 24.6 Å². The molecule has 4 N–H and O–H groups in total. The van der Waals surface area contributed by atoms with Crippen molar-refractivity contribution in [3.05, 3.63) is 23.8 Å². The summed E-state index contributed by atoms with van der Waals surface area (Å²) in [7, 11) is 0. The summed E-state index contributed by atoms with van der Waals surface area (Å²) in [4.78, 5) is 11.5. The summed E-state index contributed by atoms with van der Waals surface area (Å²) >= 11 is 0. The average Bonchev–Trinajstić information content (AvgIpc) is 2.17. The van der Waals surface area contributed by atoms with E-state index < -0.39 is 0 Å². The maximum atomic E-state index is 11.5. The number of hydrogen-bond acceptors (Lipinski definition) is 4. The minimum Gasteiger partial charge on any atom is -0.462 e. The fraction of sp³-hybridized carbons (Fsp3) is 0.364. The highest BCUT2D eigenvalue weighted by Crippen LogP contribution is 2.16. The molecule has 0 fully saturated rings. The van der Waals surface area contributed by atoms with Gasteiger partial charge in [-0.2, -0.15) is 0 Å². The van der Waals surface area contributed by atoms with Crippen molar-refractivity contribution < 1.29 is 9.53 Å². The molecule has 0 amide bonds. The molecule has 0 spiro atoms. The number of carbonyl (C=O) groups excluding carboxylic acids is 1. The van der Waals surface area contributed by atoms with Crippen molar-refractivity contribution in [2.75, 3.05) is 18.1 Å². The van der Waals surface area contributed by atoms with Gasteiger partial charge in [0.15, 0.2) is 0 Å². The van der Waals surface area contributed by atoms with Crippen LogP contribution in [0.4, 0.5) is 11.4 Å². The Balaban J connectivity index is 2.65. The Kier molecular flexibility index (Phi) is 3.97. The van der Waals surface area contributed by atoms with E-state index in [1.807, 2.05) is 6.92 Å². The Morgan fingerprint density at radius 3 is 2.73 bits per heavy atom. The molecule has 1 aromatic rings. The summed E-state index contributed by atoms with van der Waals surface area (Å²) in [5.74, 6) is -0.388. The lowest BCUT2D eigenvalue weighted by atomic mass is 10.1. The van der Waals surface area contributed by atoms with Gasteiger partial charge in [-0.15, -0.1) is 0 Å². The van der Waals surface area contributed by atoms with Gasteiger partial charge in [-0.3, -0.25) is 0 Å². The Bertz CT molecular complexity index is 350. The van der Waals surface area contributed by atoms with E-state index >= 15 is 0 Å². The van der Waals surface area contributed by atoms with Crippen LogP contribution in [0.15, 0.2) is 18.2 Å². The van der Waals surface area contributed by atoms with Crippen LogP contribution in [-0.2, 0) is 4.74 Å². The van der Waals surface area contributed by atoms with Gasteiger partial charge in [-0.25, -0.2) is 4.79 Å². The summed E-state index contributed by atoms with van der Waals surface area (Å²) in [6.07, 6.45) is 1.85. The van der Waals surface area contributed by atoms with Gasteiger partial charge in [0.1, 0.15) is 0 Å². The Hall–Kier alpha value is -1.71. The first-order valence-electron chi connectivity index (χ1n) is 4.97. The van der Waals surface area contributed by atoms with E-state index in [9.17, 15) is 4.79 Å². The third kappa shape index (κ3) is 3.16. The maximum absolute atomic E-state index is 11.5. The van der Waals surface area contributed by atoms with Crippen LogP contribution < -0.4 is 11.5 Å². The van der Waals surface area contributed by atoms with Crippen molar-refractivity contribution in [2.24, 2.45) is 0 Å². The van der Waals surface area contributed by atoms with Crippen LogP contribution in [0.3, 0.4) is 0 Å². The van der Waals surface area contributed by atoms with Gasteiger partial charge in [0.25, 0.3) is 0 Å². The molecule has 0 aliphatic carbocycles. The van der Waals surface area contributed by atoms with Gasteiger partial charge in [-0.1, -0.05) is 13.3 Å². The molecule has 0 bridgehead atoms. The smallest absolute Gasteiger partial charge is 0.340 e. The summed E-state index contributed by atoms with van der Waals surface area (Å²) in [6, 6.07) is 4.77. The fourth-order valence-electron chi connectivity index (χ4n) is 1.15. The number of esters is 1. The van der Waals surface area contributed by atoms with Crippen LogP contribution in [0.25, 0.3) is 0 Å². The summed E-state index contributed by atoms with van der Waals surface area (Å²) in [5, 5.41) is 0. The predicted octanol–water partition coefficient (Wildman–Crippen LogP) is 1.81. The Labute approximate surface area is 89.2 Å². The molecule has 0 heterocycles. The maximum Gasteiger partial charge on any atom is 0.340 e. The van der Waals surface area contributed by atoms with Gasteiger partial charge < -0.3 is 16.2 Å². The standard InChI is InChI=1S/C11H16N2O2/c1-2-3-6-15-11(14)9-5-4-8(12)7-10(9)13/h4-5,7H,2-3,6,12-13H2,1H3. The molecule has 0 aliphatic heterocycles. The van der Waals surface area contributed by atoms with Crippen LogP contribution in [0.5, 0.6) is 0 Å². The molecule has 82 valence electrons. The monoisotopic (exact) mass is 208 g/mol. The molecule has 0 saturated carbocycles. The number of benzene rings is 1. The topological polar surface area (TPSA) is 78.3 Å². The molecule has 1 rings (SSSR count). The molecule has 0 aliphatic rings. The minimum absolute atomic E-state index is 0.358. The van der Waals surface area contributed by atoms with E-state index in [4.69, 9.17) is 16.2 Å². The molecular weight excluding hydrogens is 192 g/mol. The average molecular weight is 208 g/mol. The summed E-state index contributed by atoms with van der Waals surface area (Å²) in [5.41, 5.74) is 12.4. The van der Waals surface area contributed by atoms with Gasteiger partial charge in [0.2, 0.25) is 0 Å². The lowest BCUT2D eigenvalue weighted by molar-refractivity contribution is 0.0501. The SMILES string of the molecule is CCCCOC(=O)c1ccc(N)cc1N. The van der Waals surface area contributed by atoms with Crippen LogP contribution in [0.2, 0.25) is 0 Å². The Morgan fingerprint density at radius 2 is 2.13 bits per heavy atom. The molecule has 4 heteroatoms. The highest BCUT2D eigenvalue weighted by Gasteiger charge is 2.10. The molecule has 0 atom stereocenters. The van der Waals surface area contributed by atoms with E-state index in [1.54, 1.807) is 18.2 Å². The second-order valence-corrected chi connectivity index (χ2v) is 3.34. The van der Waals surface area contributed by atoms with Crippen molar-refractivity contribution in [2.45, 2.75) is 19.8 Å². The predicted molar refractivity (Wildman–Crippen MR) is 60.5 cm³/mol. The lowest BCUT2D eigenvalue weighted by Crippen LogP contribution is -2.09. The van der Waals surface area contributed by atoms with E-state index in [0.29, 0.717) is 23.5 Å². The van der Waals surface area contributed by atoms with Crippen molar-refractivity contribution in [3.63, 3.8) is 0 Å². The molecule has 1 aromatic carbocycles. The summed E-state index contributed by atoms with van der Waals surface area (Å²) in [6.45, 7) is 2.46. The second kappa shape index (κ2) is 5.24. The summed E-state index contributed by atoms with van der Waals surface area (Å²) < 4.78 is 5.03. The number of nitrogen functional groups attached to an aromatic ring is 2. The van der Waals surface area contributed by atoms with Crippen molar-refractivity contribution in [3.8, 4) is 0 Å². The van der Waals surface area contributed by atoms with Crippen LogP contribution >= 0.6 is 0 Å². The van der Waals surface area contributed by atoms with Crippen molar-refractivity contribution in [1.29, 1.82) is 0 Å². The number of ether oxygens (including phenoxy) is 1. The molecule has 15 heavy (non-hydrogen) atoms. The van der Waals surface area contributed by atoms with Crippen LogP contribution in [0, 0.1) is 0 Å².